The quantitative estimate of drug-likeness (QED) is 0.879. The van der Waals surface area contributed by atoms with Gasteiger partial charge in [0, 0.05) is 23.8 Å². The lowest BCUT2D eigenvalue weighted by Gasteiger charge is -2.23. The molecule has 0 saturated carbocycles. The number of rotatable bonds is 6. The van der Waals surface area contributed by atoms with E-state index in [0.29, 0.717) is 6.54 Å². The van der Waals surface area contributed by atoms with E-state index in [4.69, 9.17) is 21.8 Å². The highest BCUT2D eigenvalue weighted by Gasteiger charge is 2.14. The molecule has 1 atom stereocenters. The molecule has 108 valence electrons. The molecule has 1 aromatic carbocycles. The number of hydrogen-bond acceptors (Lipinski definition) is 3. The van der Waals surface area contributed by atoms with Crippen molar-refractivity contribution in [2.24, 2.45) is 5.73 Å². The van der Waals surface area contributed by atoms with Gasteiger partial charge in [-0.05, 0) is 42.7 Å². The van der Waals surface area contributed by atoms with Gasteiger partial charge in [-0.25, -0.2) is 0 Å². The van der Waals surface area contributed by atoms with Crippen LogP contribution in [0.1, 0.15) is 24.7 Å². The third-order valence-corrected chi connectivity index (χ3v) is 3.82. The predicted molar refractivity (Wildman–Crippen MR) is 84.2 cm³/mol. The largest absolute Gasteiger partial charge is 0.467 e. The monoisotopic (exact) mass is 292 g/mol. The van der Waals surface area contributed by atoms with Crippen molar-refractivity contribution in [3.63, 3.8) is 0 Å². The molecule has 0 radical (unpaired) electrons. The van der Waals surface area contributed by atoms with Crippen LogP contribution in [0.2, 0.25) is 5.02 Å². The summed E-state index contributed by atoms with van der Waals surface area (Å²) in [6.07, 6.45) is 3.41. The number of nitrogens with zero attached hydrogens (tertiary/aromatic N) is 1. The maximum atomic E-state index is 6.35. The summed E-state index contributed by atoms with van der Waals surface area (Å²) in [7, 11) is 2.04. The van der Waals surface area contributed by atoms with E-state index in [-0.39, 0.29) is 6.04 Å². The van der Waals surface area contributed by atoms with Gasteiger partial charge in [-0.3, -0.25) is 0 Å². The number of halogens is 1. The molecule has 0 amide bonds. The number of benzene rings is 1. The lowest BCUT2D eigenvalue weighted by molar-refractivity contribution is 0.507. The zero-order valence-electron chi connectivity index (χ0n) is 12.0. The zero-order valence-corrected chi connectivity index (χ0v) is 12.7. The lowest BCUT2D eigenvalue weighted by atomic mass is 10.0. The minimum Gasteiger partial charge on any atom is -0.467 e. The van der Waals surface area contributed by atoms with Crippen molar-refractivity contribution < 1.29 is 4.42 Å². The molecule has 1 heterocycles. The second kappa shape index (κ2) is 6.82. The van der Waals surface area contributed by atoms with Crippen molar-refractivity contribution in [2.45, 2.75) is 32.4 Å². The van der Waals surface area contributed by atoms with Crippen LogP contribution < -0.4 is 10.6 Å². The molecule has 20 heavy (non-hydrogen) atoms. The fourth-order valence-corrected chi connectivity index (χ4v) is 2.48. The molecule has 2 aromatic rings. The number of anilines is 1. The minimum atomic E-state index is 0.130. The van der Waals surface area contributed by atoms with Crippen LogP contribution >= 0.6 is 11.6 Å². The van der Waals surface area contributed by atoms with Gasteiger partial charge in [0.1, 0.15) is 5.76 Å². The third-order valence-electron chi connectivity index (χ3n) is 3.47. The predicted octanol–water partition coefficient (Wildman–Crippen LogP) is 3.85. The average Bonchev–Trinajstić information content (AvgIpc) is 2.93. The number of hydrogen-bond donors (Lipinski definition) is 1. The first-order valence-corrected chi connectivity index (χ1v) is 7.26. The van der Waals surface area contributed by atoms with E-state index in [1.54, 1.807) is 6.26 Å². The van der Waals surface area contributed by atoms with Gasteiger partial charge in [0.15, 0.2) is 0 Å². The Kier molecular flexibility index (Phi) is 5.10. The average molecular weight is 293 g/mol. The summed E-state index contributed by atoms with van der Waals surface area (Å²) in [6.45, 7) is 2.80. The molecule has 1 unspecified atom stereocenters. The molecule has 0 aliphatic carbocycles. The van der Waals surface area contributed by atoms with Crippen molar-refractivity contribution in [3.8, 4) is 0 Å². The smallest absolute Gasteiger partial charge is 0.123 e. The molecule has 3 nitrogen and oxygen atoms in total. The van der Waals surface area contributed by atoms with Crippen LogP contribution in [-0.2, 0) is 13.0 Å². The highest BCUT2D eigenvalue weighted by atomic mass is 35.5. The first-order chi connectivity index (χ1) is 9.61. The Bertz CT molecular complexity index is 539. The summed E-state index contributed by atoms with van der Waals surface area (Å²) in [6, 6.07) is 9.96. The van der Waals surface area contributed by atoms with Gasteiger partial charge in [0.2, 0.25) is 0 Å². The summed E-state index contributed by atoms with van der Waals surface area (Å²) in [5.74, 6) is 0.929. The fraction of sp³-hybridized carbons (Fsp3) is 0.375. The Morgan fingerprint density at radius 3 is 2.75 bits per heavy atom. The van der Waals surface area contributed by atoms with E-state index in [9.17, 15) is 0 Å². The van der Waals surface area contributed by atoms with Gasteiger partial charge in [0.05, 0.1) is 12.8 Å². The van der Waals surface area contributed by atoms with Crippen LogP contribution in [0.25, 0.3) is 0 Å². The van der Waals surface area contributed by atoms with Crippen LogP contribution in [0, 0.1) is 0 Å². The molecule has 0 spiro atoms. The highest BCUT2D eigenvalue weighted by Crippen LogP contribution is 2.29. The topological polar surface area (TPSA) is 42.4 Å². The van der Waals surface area contributed by atoms with E-state index in [0.717, 1.165) is 34.9 Å². The molecule has 0 aliphatic rings. The first kappa shape index (κ1) is 14.9. The minimum absolute atomic E-state index is 0.130. The van der Waals surface area contributed by atoms with Crippen molar-refractivity contribution in [3.05, 3.63) is 52.9 Å². The molecular formula is C16H21ClN2O. The maximum Gasteiger partial charge on any atom is 0.123 e. The second-order valence-corrected chi connectivity index (χ2v) is 5.45. The van der Waals surface area contributed by atoms with Gasteiger partial charge in [-0.2, -0.15) is 0 Å². The van der Waals surface area contributed by atoms with E-state index < -0.39 is 0 Å². The van der Waals surface area contributed by atoms with E-state index in [2.05, 4.69) is 17.9 Å². The Morgan fingerprint density at radius 1 is 1.30 bits per heavy atom. The van der Waals surface area contributed by atoms with Crippen molar-refractivity contribution in [2.75, 3.05) is 11.9 Å². The molecule has 0 fully saturated rings. The maximum absolute atomic E-state index is 6.35. The van der Waals surface area contributed by atoms with Crippen LogP contribution in [0.15, 0.2) is 41.0 Å². The summed E-state index contributed by atoms with van der Waals surface area (Å²) in [5, 5.41) is 0.776. The summed E-state index contributed by atoms with van der Waals surface area (Å²) >= 11 is 6.35. The molecule has 2 N–H and O–H groups in total. The highest BCUT2D eigenvalue weighted by molar-refractivity contribution is 6.31. The Balaban J connectivity index is 2.23. The van der Waals surface area contributed by atoms with Gasteiger partial charge < -0.3 is 15.1 Å². The van der Waals surface area contributed by atoms with Crippen molar-refractivity contribution >= 4 is 17.3 Å². The van der Waals surface area contributed by atoms with Crippen LogP contribution in [0.3, 0.4) is 0 Å². The fourth-order valence-electron chi connectivity index (χ4n) is 2.23. The molecular weight excluding hydrogens is 272 g/mol. The third kappa shape index (κ3) is 3.56. The number of furan rings is 1. The van der Waals surface area contributed by atoms with Crippen LogP contribution in [-0.4, -0.2) is 13.1 Å². The van der Waals surface area contributed by atoms with E-state index in [1.807, 2.05) is 31.3 Å². The summed E-state index contributed by atoms with van der Waals surface area (Å²) in [5.41, 5.74) is 8.30. The lowest BCUT2D eigenvalue weighted by Crippen LogP contribution is -2.24. The van der Waals surface area contributed by atoms with Crippen LogP contribution in [0.5, 0.6) is 0 Å². The molecule has 1 aromatic heterocycles. The number of nitrogens with two attached hydrogens (primary N) is 1. The molecule has 4 heteroatoms. The molecule has 2 rings (SSSR count). The van der Waals surface area contributed by atoms with Gasteiger partial charge in [-0.15, -0.1) is 0 Å². The van der Waals surface area contributed by atoms with Crippen molar-refractivity contribution in [1.82, 2.24) is 0 Å². The summed E-state index contributed by atoms with van der Waals surface area (Å²) in [4.78, 5) is 2.14. The van der Waals surface area contributed by atoms with Crippen LogP contribution in [0.4, 0.5) is 5.69 Å². The van der Waals surface area contributed by atoms with Gasteiger partial charge in [0.25, 0.3) is 0 Å². The standard InChI is InChI=1S/C16H21ClN2O/c1-3-12(18)10-14-15(17)7-4-8-16(14)19(2)11-13-6-5-9-20-13/h4-9,12H,3,10-11,18H2,1-2H3. The zero-order chi connectivity index (χ0) is 14.5. The SMILES string of the molecule is CCC(N)Cc1c(Cl)cccc1N(C)Cc1ccco1. The van der Waals surface area contributed by atoms with Gasteiger partial charge in [-0.1, -0.05) is 24.6 Å². The normalized spacial score (nSPS) is 12.4. The van der Waals surface area contributed by atoms with Crippen molar-refractivity contribution in [1.29, 1.82) is 0 Å². The summed E-state index contributed by atoms with van der Waals surface area (Å²) < 4.78 is 5.40. The molecule has 0 bridgehead atoms. The molecule has 0 saturated heterocycles. The van der Waals surface area contributed by atoms with E-state index >= 15 is 0 Å². The second-order valence-electron chi connectivity index (χ2n) is 5.05. The van der Waals surface area contributed by atoms with E-state index in [1.165, 1.54) is 0 Å². The Labute approximate surface area is 125 Å². The molecule has 0 aliphatic heterocycles. The first-order valence-electron chi connectivity index (χ1n) is 6.88. The Hall–Kier alpha value is -1.45. The van der Waals surface area contributed by atoms with Gasteiger partial charge >= 0.3 is 0 Å². The Morgan fingerprint density at radius 2 is 2.10 bits per heavy atom.